The molecule has 2 aromatic carbocycles. The summed E-state index contributed by atoms with van der Waals surface area (Å²) in [4.78, 5) is 4.90. The molecule has 3 rings (SSSR count). The normalized spacial score (nSPS) is 11.9. The van der Waals surface area contributed by atoms with E-state index in [1.165, 1.54) is 0 Å². The van der Waals surface area contributed by atoms with Gasteiger partial charge in [-0.1, -0.05) is 27.7 Å². The molecule has 0 fully saturated rings. The minimum atomic E-state index is -1.15. The standard InChI is InChI=1S/C28H42N2O3S/c1-5-13-29(14-6-2)17-19-32-23-9-11-27-25(21-23)26-22-24(10-12-28(26)34(27)31)33-20-18-30(15-7-3)16-8-4/h9-12,21-22H,5-8,13-20H2,1-4H3. The fourth-order valence-corrected chi connectivity index (χ4v) is 5.94. The summed E-state index contributed by atoms with van der Waals surface area (Å²) in [5.41, 5.74) is 0. The van der Waals surface area contributed by atoms with E-state index in [1.807, 2.05) is 36.4 Å². The van der Waals surface area contributed by atoms with E-state index in [2.05, 4.69) is 37.5 Å². The van der Waals surface area contributed by atoms with Gasteiger partial charge < -0.3 is 14.0 Å². The molecule has 0 N–H and O–H groups in total. The maximum absolute atomic E-state index is 13.0. The van der Waals surface area contributed by atoms with E-state index in [0.717, 1.165) is 96.6 Å². The first-order chi connectivity index (χ1) is 16.6. The smallest absolute Gasteiger partial charge is 0.181 e. The van der Waals surface area contributed by atoms with Gasteiger partial charge in [-0.3, -0.25) is 9.80 Å². The zero-order valence-corrected chi connectivity index (χ0v) is 22.3. The molecule has 6 heteroatoms. The van der Waals surface area contributed by atoms with Crippen LogP contribution in [0.1, 0.15) is 53.4 Å². The van der Waals surface area contributed by atoms with Crippen molar-refractivity contribution in [2.45, 2.75) is 53.4 Å². The number of ether oxygens (including phenoxy) is 2. The molecule has 0 atom stereocenters. The minimum absolute atomic E-state index is 0.657. The SMILES string of the molecule is CCCN(CCC)CCOc1ccc2c(c1)c1cc(OCCN(CCC)CCC)ccc1[s+]2[O-]. The second-order valence-corrected chi connectivity index (χ2v) is 10.4. The molecule has 0 bridgehead atoms. The lowest BCUT2D eigenvalue weighted by Gasteiger charge is -2.20. The Morgan fingerprint density at radius 3 is 1.35 bits per heavy atom. The maximum atomic E-state index is 13.0. The van der Waals surface area contributed by atoms with Crippen molar-refractivity contribution in [3.05, 3.63) is 36.4 Å². The Hall–Kier alpha value is -1.86. The van der Waals surface area contributed by atoms with Crippen LogP contribution in [0.25, 0.3) is 20.2 Å². The lowest BCUT2D eigenvalue weighted by atomic mass is 10.1. The van der Waals surface area contributed by atoms with Crippen molar-refractivity contribution >= 4 is 30.9 Å². The third kappa shape index (κ3) is 7.08. The van der Waals surface area contributed by atoms with E-state index in [9.17, 15) is 4.55 Å². The van der Waals surface area contributed by atoms with E-state index in [1.54, 1.807) is 0 Å². The van der Waals surface area contributed by atoms with Crippen LogP contribution in [0.2, 0.25) is 0 Å². The molecule has 34 heavy (non-hydrogen) atoms. The van der Waals surface area contributed by atoms with Crippen molar-refractivity contribution in [1.82, 2.24) is 9.80 Å². The Kier molecular flexibility index (Phi) is 10.9. The third-order valence-electron chi connectivity index (χ3n) is 6.10. The highest BCUT2D eigenvalue weighted by molar-refractivity contribution is 7.37. The number of rotatable bonds is 16. The molecule has 188 valence electrons. The summed E-state index contributed by atoms with van der Waals surface area (Å²) in [7, 11) is -1.15. The molecule has 0 amide bonds. The molecule has 0 aliphatic rings. The van der Waals surface area contributed by atoms with Gasteiger partial charge in [0.15, 0.2) is 9.40 Å². The first kappa shape index (κ1) is 26.7. The number of benzene rings is 2. The van der Waals surface area contributed by atoms with Crippen molar-refractivity contribution in [2.75, 3.05) is 52.5 Å². The molecule has 0 aliphatic carbocycles. The molecule has 0 saturated carbocycles. The van der Waals surface area contributed by atoms with Gasteiger partial charge in [0, 0.05) is 25.2 Å². The Labute approximate surface area is 208 Å². The van der Waals surface area contributed by atoms with Crippen molar-refractivity contribution in [3.8, 4) is 11.5 Å². The van der Waals surface area contributed by atoms with Crippen LogP contribution in [0.4, 0.5) is 0 Å². The first-order valence-electron chi connectivity index (χ1n) is 13.0. The molecule has 0 spiro atoms. The monoisotopic (exact) mass is 486 g/mol. The van der Waals surface area contributed by atoms with E-state index in [-0.39, 0.29) is 0 Å². The fraction of sp³-hybridized carbons (Fsp3) is 0.571. The lowest BCUT2D eigenvalue weighted by molar-refractivity contribution is 0.209. The number of thiophene rings is 1. The third-order valence-corrected chi connectivity index (χ3v) is 7.61. The quantitative estimate of drug-likeness (QED) is 0.210. The van der Waals surface area contributed by atoms with Gasteiger partial charge in [-0.15, -0.1) is 0 Å². The van der Waals surface area contributed by atoms with Crippen molar-refractivity contribution in [2.24, 2.45) is 0 Å². The summed E-state index contributed by atoms with van der Waals surface area (Å²) >= 11 is 0. The highest BCUT2D eigenvalue weighted by Gasteiger charge is 2.17. The molecule has 3 aromatic rings. The van der Waals surface area contributed by atoms with E-state index >= 15 is 0 Å². The molecule has 5 nitrogen and oxygen atoms in total. The fourth-order valence-electron chi connectivity index (χ4n) is 4.58. The highest BCUT2D eigenvalue weighted by Crippen LogP contribution is 2.43. The molecule has 1 heterocycles. The van der Waals surface area contributed by atoms with Crippen LogP contribution >= 0.6 is 10.8 Å². The summed E-state index contributed by atoms with van der Waals surface area (Å²) in [5, 5.41) is 1.99. The van der Waals surface area contributed by atoms with Gasteiger partial charge in [-0.2, -0.15) is 0 Å². The van der Waals surface area contributed by atoms with Gasteiger partial charge in [0.1, 0.15) is 24.7 Å². The second kappa shape index (κ2) is 13.9. The first-order valence-corrected chi connectivity index (χ1v) is 14.2. The van der Waals surface area contributed by atoms with E-state index in [0.29, 0.717) is 13.2 Å². The Morgan fingerprint density at radius 1 is 0.618 bits per heavy atom. The van der Waals surface area contributed by atoms with Crippen molar-refractivity contribution in [1.29, 1.82) is 0 Å². The topological polar surface area (TPSA) is 48.0 Å². The predicted octanol–water partition coefficient (Wildman–Crippen LogP) is 6.72. The van der Waals surface area contributed by atoms with Crippen LogP contribution in [-0.4, -0.2) is 66.8 Å². The minimum Gasteiger partial charge on any atom is -0.590 e. The highest BCUT2D eigenvalue weighted by atomic mass is 32.2. The van der Waals surface area contributed by atoms with Crippen LogP contribution in [-0.2, 0) is 0 Å². The summed E-state index contributed by atoms with van der Waals surface area (Å²) in [6, 6.07) is 11.9. The Bertz CT molecular complexity index is 928. The van der Waals surface area contributed by atoms with E-state index in [4.69, 9.17) is 9.47 Å². The number of fused-ring (bicyclic) bond motifs is 3. The van der Waals surface area contributed by atoms with Gasteiger partial charge in [0.25, 0.3) is 0 Å². The molecule has 0 saturated heterocycles. The van der Waals surface area contributed by atoms with Gasteiger partial charge in [-0.05, 0) is 86.9 Å². The van der Waals surface area contributed by atoms with E-state index < -0.39 is 10.8 Å². The van der Waals surface area contributed by atoms with Crippen LogP contribution in [0, 0.1) is 0 Å². The summed E-state index contributed by atoms with van der Waals surface area (Å²) in [5.74, 6) is 1.66. The van der Waals surface area contributed by atoms with Crippen LogP contribution in [0.5, 0.6) is 11.5 Å². The molecular weight excluding hydrogens is 444 g/mol. The lowest BCUT2D eigenvalue weighted by Crippen LogP contribution is -2.30. The predicted molar refractivity (Wildman–Crippen MR) is 145 cm³/mol. The van der Waals surface area contributed by atoms with Crippen LogP contribution in [0.15, 0.2) is 36.4 Å². The zero-order valence-electron chi connectivity index (χ0n) is 21.5. The molecular formula is C28H42N2O3S. The average Bonchev–Trinajstić information content (AvgIpc) is 3.11. The second-order valence-electron chi connectivity index (χ2n) is 8.96. The van der Waals surface area contributed by atoms with Crippen LogP contribution in [0.3, 0.4) is 0 Å². The Balaban J connectivity index is 1.71. The van der Waals surface area contributed by atoms with Gasteiger partial charge >= 0.3 is 0 Å². The van der Waals surface area contributed by atoms with Gasteiger partial charge in [0.05, 0.1) is 10.8 Å². The average molecular weight is 487 g/mol. The number of hydrogen-bond acceptors (Lipinski definition) is 5. The molecule has 0 aliphatic heterocycles. The zero-order chi connectivity index (χ0) is 24.3. The number of nitrogens with zero attached hydrogens (tertiary/aromatic N) is 2. The van der Waals surface area contributed by atoms with Crippen molar-refractivity contribution in [3.63, 3.8) is 0 Å². The maximum Gasteiger partial charge on any atom is 0.181 e. The van der Waals surface area contributed by atoms with Gasteiger partial charge in [0.2, 0.25) is 0 Å². The largest absolute Gasteiger partial charge is 0.590 e. The Morgan fingerprint density at radius 2 is 1.00 bits per heavy atom. The number of hydrogen-bond donors (Lipinski definition) is 0. The molecule has 0 radical (unpaired) electrons. The molecule has 0 unspecified atom stereocenters. The van der Waals surface area contributed by atoms with Gasteiger partial charge in [-0.25, -0.2) is 0 Å². The molecule has 1 aromatic heterocycles. The van der Waals surface area contributed by atoms with Crippen LogP contribution < -0.4 is 9.47 Å². The summed E-state index contributed by atoms with van der Waals surface area (Å²) in [6.45, 7) is 16.4. The summed E-state index contributed by atoms with van der Waals surface area (Å²) in [6.07, 6.45) is 4.62. The summed E-state index contributed by atoms with van der Waals surface area (Å²) < 4.78 is 26.9. The van der Waals surface area contributed by atoms with Crippen molar-refractivity contribution < 1.29 is 14.0 Å².